The lowest BCUT2D eigenvalue weighted by atomic mass is 9.89. The van der Waals surface area contributed by atoms with Crippen molar-refractivity contribution in [1.82, 2.24) is 14.7 Å². The molecule has 10 nitrogen and oxygen atoms in total. The lowest BCUT2D eigenvalue weighted by molar-refractivity contribution is -0.141. The molecule has 0 aliphatic carbocycles. The molecule has 0 saturated carbocycles. The molecule has 2 aliphatic heterocycles. The first-order valence-electron chi connectivity index (χ1n) is 10.4. The van der Waals surface area contributed by atoms with Crippen LogP contribution in [0.15, 0.2) is 13.6 Å². The summed E-state index contributed by atoms with van der Waals surface area (Å²) < 4.78 is 28.4. The number of aromatic nitrogens is 2. The number of ether oxygens (including phenoxy) is 1. The van der Waals surface area contributed by atoms with Crippen LogP contribution in [-0.2, 0) is 30.6 Å². The summed E-state index contributed by atoms with van der Waals surface area (Å²) >= 11 is 0. The Labute approximate surface area is 176 Å². The summed E-state index contributed by atoms with van der Waals surface area (Å²) in [6.45, 7) is 6.66. The van der Waals surface area contributed by atoms with Crippen LogP contribution in [0.5, 0.6) is 0 Å². The van der Waals surface area contributed by atoms with Crippen molar-refractivity contribution < 1.29 is 23.0 Å². The highest BCUT2D eigenvalue weighted by Crippen LogP contribution is 2.27. The molecular weight excluding hydrogens is 412 g/mol. The van der Waals surface area contributed by atoms with Crippen LogP contribution in [0.25, 0.3) is 0 Å². The Morgan fingerprint density at radius 3 is 2.73 bits per heavy atom. The average Bonchev–Trinajstić information content (AvgIpc) is 2.88. The number of aryl methyl sites for hydroxylation is 1. The fourth-order valence-corrected chi connectivity index (χ4v) is 5.79. The Kier molecular flexibility index (Phi) is 7.12. The molecule has 3 rings (SSSR count). The highest BCUT2D eigenvalue weighted by Gasteiger charge is 2.33. The van der Waals surface area contributed by atoms with E-state index >= 15 is 0 Å². The summed E-state index contributed by atoms with van der Waals surface area (Å²) in [7, 11) is -2.79. The summed E-state index contributed by atoms with van der Waals surface area (Å²) in [5, 5.41) is 3.79. The van der Waals surface area contributed by atoms with E-state index in [1.807, 2.05) is 0 Å². The van der Waals surface area contributed by atoms with Crippen molar-refractivity contribution in [2.75, 3.05) is 31.2 Å². The van der Waals surface area contributed by atoms with Gasteiger partial charge in [0.2, 0.25) is 11.8 Å². The Hall–Kier alpha value is -2.01. The van der Waals surface area contributed by atoms with Gasteiger partial charge in [0.25, 0.3) is 5.91 Å². The Morgan fingerprint density at radius 1 is 1.30 bits per heavy atom. The number of rotatable bonds is 4. The second-order valence-electron chi connectivity index (χ2n) is 8.26. The van der Waals surface area contributed by atoms with E-state index in [2.05, 4.69) is 23.3 Å². The number of hydrogen-bond donors (Lipinski definition) is 0. The zero-order valence-electron chi connectivity index (χ0n) is 17.7. The predicted molar refractivity (Wildman–Crippen MR) is 109 cm³/mol. The van der Waals surface area contributed by atoms with Gasteiger partial charge in [-0.05, 0) is 25.2 Å². The molecule has 0 N–H and O–H groups in total. The average molecular weight is 443 g/mol. The smallest absolute Gasteiger partial charge is 0.393 e. The van der Waals surface area contributed by atoms with Crippen molar-refractivity contribution in [1.29, 1.82) is 0 Å². The van der Waals surface area contributed by atoms with Crippen molar-refractivity contribution in [3.05, 3.63) is 16.4 Å². The molecule has 2 fully saturated rings. The molecule has 0 aromatic carbocycles. The lowest BCUT2D eigenvalue weighted by Crippen LogP contribution is -2.42. The number of nitrogens with zero attached hydrogens (tertiary/aromatic N) is 4. The van der Waals surface area contributed by atoms with Gasteiger partial charge in [-0.25, -0.2) is 9.00 Å². The first kappa shape index (κ1) is 22.7. The largest absolute Gasteiger partial charge is 0.437 e. The molecule has 1 aromatic heterocycles. The Bertz CT molecular complexity index is 958. The molecule has 168 valence electrons. The van der Waals surface area contributed by atoms with Crippen molar-refractivity contribution >= 4 is 21.5 Å². The summed E-state index contributed by atoms with van der Waals surface area (Å²) in [5.74, 6) is -0.544. The summed E-state index contributed by atoms with van der Waals surface area (Å²) in [6.07, 6.45) is 2.00. The van der Waals surface area contributed by atoms with Gasteiger partial charge in [-0.1, -0.05) is 13.8 Å². The van der Waals surface area contributed by atoms with Gasteiger partial charge in [-0.3, -0.25) is 9.59 Å². The molecule has 3 unspecified atom stereocenters. The highest BCUT2D eigenvalue weighted by atomic mass is 32.2. The minimum Gasteiger partial charge on any atom is -0.393 e. The fourth-order valence-electron chi connectivity index (χ4n) is 3.89. The van der Waals surface area contributed by atoms with E-state index in [9.17, 15) is 18.6 Å². The molecule has 3 heterocycles. The van der Waals surface area contributed by atoms with Gasteiger partial charge in [0.15, 0.2) is 0 Å². The zero-order chi connectivity index (χ0) is 21.9. The van der Waals surface area contributed by atoms with Gasteiger partial charge in [-0.2, -0.15) is 9.04 Å². The van der Waals surface area contributed by atoms with Crippen LogP contribution in [0.3, 0.4) is 0 Å². The Balaban J connectivity index is 1.63. The minimum atomic E-state index is -2.79. The fraction of sp³-hybridized carbons (Fsp3) is 0.789. The molecule has 11 heteroatoms. The quantitative estimate of drug-likeness (QED) is 0.676. The predicted octanol–water partition coefficient (Wildman–Crippen LogP) is 0.823. The van der Waals surface area contributed by atoms with Crippen molar-refractivity contribution in [3.63, 3.8) is 0 Å². The normalized spacial score (nSPS) is 27.7. The molecule has 2 saturated heterocycles. The third kappa shape index (κ3) is 5.57. The standard InChI is InChI=1S/C19H30N4O6S/c1-13(2)16-11-15(5-8-28-16)18(25)22-6-4-9-30(27,10-7-22)21-17(24)12-23-19(26)29-14(3)20-23/h13,15-16H,4-12H2,1-3H3. The van der Waals surface area contributed by atoms with E-state index in [0.717, 1.165) is 4.68 Å². The van der Waals surface area contributed by atoms with E-state index in [4.69, 9.17) is 9.15 Å². The van der Waals surface area contributed by atoms with Crippen LogP contribution in [0, 0.1) is 18.8 Å². The van der Waals surface area contributed by atoms with E-state index in [1.54, 1.807) is 4.90 Å². The van der Waals surface area contributed by atoms with Crippen molar-refractivity contribution in [3.8, 4) is 0 Å². The van der Waals surface area contributed by atoms with E-state index in [0.29, 0.717) is 44.9 Å². The molecule has 3 atom stereocenters. The first-order valence-corrected chi connectivity index (χ1v) is 12.2. The lowest BCUT2D eigenvalue weighted by Gasteiger charge is -2.34. The summed E-state index contributed by atoms with van der Waals surface area (Å²) in [6, 6.07) is 0. The minimum absolute atomic E-state index is 0.0727. The number of amides is 2. The second kappa shape index (κ2) is 9.42. The van der Waals surface area contributed by atoms with Crippen molar-refractivity contribution in [2.45, 2.75) is 52.7 Å². The molecule has 2 amide bonds. The van der Waals surface area contributed by atoms with Crippen molar-refractivity contribution in [2.24, 2.45) is 16.2 Å². The van der Waals surface area contributed by atoms with Crippen LogP contribution in [0.4, 0.5) is 0 Å². The maximum atomic E-state index is 13.1. The topological polar surface area (TPSA) is 124 Å². The summed E-state index contributed by atoms with van der Waals surface area (Å²) in [4.78, 5) is 38.6. The van der Waals surface area contributed by atoms with Gasteiger partial charge in [0, 0.05) is 44.0 Å². The van der Waals surface area contributed by atoms with Crippen LogP contribution in [0.2, 0.25) is 0 Å². The zero-order valence-corrected chi connectivity index (χ0v) is 18.6. The third-order valence-electron chi connectivity index (χ3n) is 5.55. The second-order valence-corrected chi connectivity index (χ2v) is 10.8. The maximum Gasteiger partial charge on any atom is 0.437 e. The SMILES string of the molecule is Cc1nn(CC(=O)N=S2(=O)CCCN(C(=O)C3CCOC(C(C)C)C3)CC2)c(=O)o1. The van der Waals surface area contributed by atoms with E-state index in [1.165, 1.54) is 6.92 Å². The monoisotopic (exact) mass is 442 g/mol. The van der Waals surface area contributed by atoms with Crippen LogP contribution in [-0.4, -0.2) is 68.0 Å². The molecular formula is C19H30N4O6S. The van der Waals surface area contributed by atoms with Gasteiger partial charge >= 0.3 is 5.76 Å². The number of hydrogen-bond acceptors (Lipinski definition) is 7. The number of carbonyl (C=O) groups excluding carboxylic acids is 2. The van der Waals surface area contributed by atoms with E-state index < -0.39 is 27.9 Å². The van der Waals surface area contributed by atoms with E-state index in [-0.39, 0.29) is 35.3 Å². The van der Waals surface area contributed by atoms with Gasteiger partial charge < -0.3 is 14.1 Å². The van der Waals surface area contributed by atoms with Gasteiger partial charge in [0.05, 0.1) is 15.8 Å². The van der Waals surface area contributed by atoms with Gasteiger partial charge in [-0.15, -0.1) is 5.10 Å². The highest BCUT2D eigenvalue weighted by molar-refractivity contribution is 7.93. The molecule has 0 bridgehead atoms. The molecule has 1 aromatic rings. The molecule has 0 radical (unpaired) electrons. The third-order valence-corrected chi connectivity index (χ3v) is 7.84. The molecule has 0 spiro atoms. The molecule has 2 aliphatic rings. The van der Waals surface area contributed by atoms with Crippen LogP contribution < -0.4 is 5.76 Å². The maximum absolute atomic E-state index is 13.1. The number of carbonyl (C=O) groups is 2. The van der Waals surface area contributed by atoms with Gasteiger partial charge in [0.1, 0.15) is 6.54 Å². The summed E-state index contributed by atoms with van der Waals surface area (Å²) in [5.41, 5.74) is 0. The molecule has 30 heavy (non-hydrogen) atoms. The Morgan fingerprint density at radius 2 is 2.07 bits per heavy atom. The van der Waals surface area contributed by atoms with Crippen LogP contribution >= 0.6 is 0 Å². The first-order chi connectivity index (χ1) is 14.2. The van der Waals surface area contributed by atoms with Crippen LogP contribution in [0.1, 0.15) is 39.0 Å².